The topological polar surface area (TPSA) is 74.7 Å². The highest BCUT2D eigenvalue weighted by Crippen LogP contribution is 2.08. The molecule has 3 N–H and O–H groups in total. The van der Waals surface area contributed by atoms with Crippen LogP contribution in [0.3, 0.4) is 0 Å². The molecule has 1 aromatic heterocycles. The summed E-state index contributed by atoms with van der Waals surface area (Å²) in [7, 11) is 0. The normalized spacial score (nSPS) is 9.78. The molecule has 0 unspecified atom stereocenters. The third kappa shape index (κ3) is 3.06. The zero-order chi connectivity index (χ0) is 12.8. The number of nitrogens with one attached hydrogen (secondary N) is 1. The number of pyridine rings is 1. The molecule has 4 heteroatoms. The van der Waals surface area contributed by atoms with E-state index in [-0.39, 0.29) is 0 Å². The Kier molecular flexibility index (Phi) is 3.90. The molecule has 18 heavy (non-hydrogen) atoms. The Morgan fingerprint density at radius 1 is 1.11 bits per heavy atom. The number of nitrogens with zero attached hydrogens (tertiary/aromatic N) is 2. The number of nitriles is 1. The SMILES string of the molecule is N#Cc1ccc(NCc2ccc(CN)cc2)nc1. The van der Waals surface area contributed by atoms with Crippen molar-refractivity contribution < 1.29 is 0 Å². The second-order valence-electron chi connectivity index (χ2n) is 3.92. The Morgan fingerprint density at radius 2 is 1.83 bits per heavy atom. The van der Waals surface area contributed by atoms with E-state index in [0.717, 1.165) is 11.4 Å². The fourth-order valence-electron chi connectivity index (χ4n) is 1.55. The zero-order valence-electron chi connectivity index (χ0n) is 9.93. The second kappa shape index (κ2) is 5.80. The second-order valence-corrected chi connectivity index (χ2v) is 3.92. The average Bonchev–Trinajstić information content (AvgIpc) is 2.46. The van der Waals surface area contributed by atoms with Gasteiger partial charge in [0.2, 0.25) is 0 Å². The van der Waals surface area contributed by atoms with E-state index in [1.54, 1.807) is 18.3 Å². The minimum Gasteiger partial charge on any atom is -0.366 e. The predicted octanol–water partition coefficient (Wildman–Crippen LogP) is 2.02. The first kappa shape index (κ1) is 12.1. The van der Waals surface area contributed by atoms with Crippen molar-refractivity contribution in [1.29, 1.82) is 5.26 Å². The van der Waals surface area contributed by atoms with E-state index in [2.05, 4.69) is 10.3 Å². The number of hydrogen-bond donors (Lipinski definition) is 2. The van der Waals surface area contributed by atoms with E-state index in [1.807, 2.05) is 30.3 Å². The number of hydrogen-bond acceptors (Lipinski definition) is 4. The third-order valence-electron chi connectivity index (χ3n) is 2.62. The molecule has 0 radical (unpaired) electrons. The molecule has 0 spiro atoms. The van der Waals surface area contributed by atoms with Crippen LogP contribution in [-0.2, 0) is 13.1 Å². The molecule has 0 aliphatic carbocycles. The first-order valence-corrected chi connectivity index (χ1v) is 5.70. The molecule has 90 valence electrons. The Balaban J connectivity index is 1.95. The molecule has 0 aliphatic heterocycles. The van der Waals surface area contributed by atoms with Crippen LogP contribution in [0.4, 0.5) is 5.82 Å². The van der Waals surface area contributed by atoms with Gasteiger partial charge in [0.05, 0.1) is 5.56 Å². The van der Waals surface area contributed by atoms with Crippen molar-refractivity contribution in [3.8, 4) is 6.07 Å². The lowest BCUT2D eigenvalue weighted by molar-refractivity contribution is 1.05. The van der Waals surface area contributed by atoms with Crippen LogP contribution in [0, 0.1) is 11.3 Å². The van der Waals surface area contributed by atoms with E-state index in [1.165, 1.54) is 5.56 Å². The Labute approximate surface area is 106 Å². The summed E-state index contributed by atoms with van der Waals surface area (Å²) in [5.41, 5.74) is 8.39. The van der Waals surface area contributed by atoms with Crippen LogP contribution >= 0.6 is 0 Å². The zero-order valence-corrected chi connectivity index (χ0v) is 9.93. The smallest absolute Gasteiger partial charge is 0.126 e. The van der Waals surface area contributed by atoms with Gasteiger partial charge in [0.15, 0.2) is 0 Å². The van der Waals surface area contributed by atoms with E-state index in [9.17, 15) is 0 Å². The van der Waals surface area contributed by atoms with Crippen LogP contribution in [0.15, 0.2) is 42.6 Å². The minimum atomic E-state index is 0.560. The van der Waals surface area contributed by atoms with Gasteiger partial charge in [-0.1, -0.05) is 24.3 Å². The van der Waals surface area contributed by atoms with E-state index < -0.39 is 0 Å². The van der Waals surface area contributed by atoms with Gasteiger partial charge in [0, 0.05) is 19.3 Å². The molecule has 0 saturated heterocycles. The van der Waals surface area contributed by atoms with Crippen molar-refractivity contribution in [3.05, 3.63) is 59.3 Å². The number of rotatable bonds is 4. The standard InChI is InChI=1S/C14H14N4/c15-7-11-1-3-12(4-2-11)9-17-14-6-5-13(8-16)10-18-14/h1-6,10H,7,9,15H2,(H,17,18). The van der Waals surface area contributed by atoms with Crippen LogP contribution in [0.1, 0.15) is 16.7 Å². The third-order valence-corrected chi connectivity index (χ3v) is 2.62. The van der Waals surface area contributed by atoms with E-state index >= 15 is 0 Å². The maximum absolute atomic E-state index is 8.67. The van der Waals surface area contributed by atoms with Crippen LogP contribution in [0.2, 0.25) is 0 Å². The van der Waals surface area contributed by atoms with Gasteiger partial charge < -0.3 is 11.1 Å². The number of benzene rings is 1. The van der Waals surface area contributed by atoms with Crippen LogP contribution in [0.5, 0.6) is 0 Å². The van der Waals surface area contributed by atoms with Gasteiger partial charge in [-0.3, -0.25) is 0 Å². The van der Waals surface area contributed by atoms with Crippen LogP contribution < -0.4 is 11.1 Å². The monoisotopic (exact) mass is 238 g/mol. The van der Waals surface area contributed by atoms with E-state index in [4.69, 9.17) is 11.0 Å². The highest BCUT2D eigenvalue weighted by atomic mass is 15.0. The molecule has 2 aromatic rings. The quantitative estimate of drug-likeness (QED) is 0.854. The molecule has 0 bridgehead atoms. The van der Waals surface area contributed by atoms with Gasteiger partial charge in [-0.25, -0.2) is 4.98 Å². The van der Waals surface area contributed by atoms with Gasteiger partial charge in [0.1, 0.15) is 11.9 Å². The summed E-state index contributed by atoms with van der Waals surface area (Å²) in [6, 6.07) is 13.7. The lowest BCUT2D eigenvalue weighted by Crippen LogP contribution is -2.02. The molecule has 0 fully saturated rings. The van der Waals surface area contributed by atoms with E-state index in [0.29, 0.717) is 18.7 Å². The molecule has 0 amide bonds. The molecular weight excluding hydrogens is 224 g/mol. The summed E-state index contributed by atoms with van der Waals surface area (Å²) < 4.78 is 0. The van der Waals surface area contributed by atoms with Gasteiger partial charge in [-0.15, -0.1) is 0 Å². The van der Waals surface area contributed by atoms with Crippen molar-refractivity contribution in [2.24, 2.45) is 5.73 Å². The fraction of sp³-hybridized carbons (Fsp3) is 0.143. The summed E-state index contributed by atoms with van der Waals surface area (Å²) in [5, 5.41) is 11.9. The maximum Gasteiger partial charge on any atom is 0.126 e. The fourth-order valence-corrected chi connectivity index (χ4v) is 1.55. The minimum absolute atomic E-state index is 0.560. The van der Waals surface area contributed by atoms with Crippen molar-refractivity contribution in [1.82, 2.24) is 4.98 Å². The first-order chi connectivity index (χ1) is 8.81. The molecule has 1 heterocycles. The Bertz CT molecular complexity index is 538. The van der Waals surface area contributed by atoms with Gasteiger partial charge in [-0.2, -0.15) is 5.26 Å². The van der Waals surface area contributed by atoms with Crippen LogP contribution in [-0.4, -0.2) is 4.98 Å². The number of nitrogens with two attached hydrogens (primary N) is 1. The predicted molar refractivity (Wildman–Crippen MR) is 70.6 cm³/mol. The summed E-state index contributed by atoms with van der Waals surface area (Å²) in [6.07, 6.45) is 1.56. The Hall–Kier alpha value is -2.38. The van der Waals surface area contributed by atoms with Gasteiger partial charge in [0.25, 0.3) is 0 Å². The summed E-state index contributed by atoms with van der Waals surface area (Å²) in [4.78, 5) is 4.14. The summed E-state index contributed by atoms with van der Waals surface area (Å²) >= 11 is 0. The van der Waals surface area contributed by atoms with Crippen molar-refractivity contribution >= 4 is 5.82 Å². The largest absolute Gasteiger partial charge is 0.366 e. The number of anilines is 1. The van der Waals surface area contributed by atoms with Crippen molar-refractivity contribution in [2.75, 3.05) is 5.32 Å². The van der Waals surface area contributed by atoms with Crippen molar-refractivity contribution in [3.63, 3.8) is 0 Å². The summed E-state index contributed by atoms with van der Waals surface area (Å²) in [5.74, 6) is 0.761. The van der Waals surface area contributed by atoms with Crippen LogP contribution in [0.25, 0.3) is 0 Å². The highest BCUT2D eigenvalue weighted by Gasteiger charge is 1.96. The molecule has 1 aromatic carbocycles. The lowest BCUT2D eigenvalue weighted by Gasteiger charge is -2.06. The molecule has 0 aliphatic rings. The Morgan fingerprint density at radius 3 is 2.39 bits per heavy atom. The molecule has 2 rings (SSSR count). The average molecular weight is 238 g/mol. The summed E-state index contributed by atoms with van der Waals surface area (Å²) in [6.45, 7) is 1.26. The van der Waals surface area contributed by atoms with Gasteiger partial charge in [-0.05, 0) is 23.3 Å². The number of aromatic nitrogens is 1. The first-order valence-electron chi connectivity index (χ1n) is 5.70. The van der Waals surface area contributed by atoms with Gasteiger partial charge >= 0.3 is 0 Å². The maximum atomic E-state index is 8.67. The highest BCUT2D eigenvalue weighted by molar-refractivity contribution is 5.39. The molecule has 0 atom stereocenters. The molecule has 0 saturated carbocycles. The lowest BCUT2D eigenvalue weighted by atomic mass is 10.1. The van der Waals surface area contributed by atoms with Crippen molar-refractivity contribution in [2.45, 2.75) is 13.1 Å². The molecule has 4 nitrogen and oxygen atoms in total. The molecular formula is C14H14N4.